The van der Waals surface area contributed by atoms with Gasteiger partial charge in [0.05, 0.1) is 18.3 Å². The molecule has 5 nitrogen and oxygen atoms in total. The van der Waals surface area contributed by atoms with Crippen molar-refractivity contribution >= 4 is 5.82 Å². The summed E-state index contributed by atoms with van der Waals surface area (Å²) in [5.74, 6) is 1.52. The average Bonchev–Trinajstić information content (AvgIpc) is 2.27. The number of nitrogens with zero attached hydrogens (tertiary/aromatic N) is 2. The van der Waals surface area contributed by atoms with Crippen molar-refractivity contribution in [3.63, 3.8) is 0 Å². The van der Waals surface area contributed by atoms with Crippen molar-refractivity contribution < 1.29 is 9.47 Å². The molecule has 0 saturated heterocycles. The quantitative estimate of drug-likeness (QED) is 0.845. The van der Waals surface area contributed by atoms with Gasteiger partial charge in [-0.05, 0) is 26.7 Å². The monoisotopic (exact) mass is 237 g/mol. The van der Waals surface area contributed by atoms with Gasteiger partial charge >= 0.3 is 0 Å². The van der Waals surface area contributed by atoms with E-state index in [0.29, 0.717) is 24.6 Å². The minimum Gasteiger partial charge on any atom is -0.478 e. The molecule has 1 aromatic rings. The van der Waals surface area contributed by atoms with Crippen LogP contribution in [0.2, 0.25) is 0 Å². The van der Waals surface area contributed by atoms with E-state index in [-0.39, 0.29) is 0 Å². The van der Waals surface area contributed by atoms with Crippen LogP contribution in [0, 0.1) is 6.92 Å². The molecule has 0 atom stereocenters. The van der Waals surface area contributed by atoms with E-state index in [2.05, 4.69) is 15.3 Å². The number of ether oxygens (including phenoxy) is 2. The molecule has 1 N–H and O–H groups in total. The molecule has 17 heavy (non-hydrogen) atoms. The minimum atomic E-state index is 0.390. The van der Waals surface area contributed by atoms with Gasteiger partial charge in [-0.15, -0.1) is 0 Å². The molecule has 0 aliphatic heterocycles. The number of methoxy groups -OCH3 is 1. The Hall–Kier alpha value is -1.36. The van der Waals surface area contributed by atoms with Crippen LogP contribution >= 0.6 is 0 Å². The zero-order chi connectivity index (χ0) is 12.3. The molecule has 0 radical (unpaired) electrons. The molecule has 1 fully saturated rings. The largest absolute Gasteiger partial charge is 0.478 e. The van der Waals surface area contributed by atoms with Crippen LogP contribution in [-0.2, 0) is 4.74 Å². The van der Waals surface area contributed by atoms with Crippen molar-refractivity contribution in [1.29, 1.82) is 0 Å². The molecule has 1 aliphatic rings. The van der Waals surface area contributed by atoms with Crippen LogP contribution in [0.3, 0.4) is 0 Å². The predicted molar refractivity (Wildman–Crippen MR) is 65.4 cm³/mol. The van der Waals surface area contributed by atoms with E-state index in [1.54, 1.807) is 7.11 Å². The zero-order valence-electron chi connectivity index (χ0n) is 10.6. The fourth-order valence-electron chi connectivity index (χ4n) is 1.93. The summed E-state index contributed by atoms with van der Waals surface area (Å²) in [5.41, 5.74) is 0.968. The second kappa shape index (κ2) is 5.31. The van der Waals surface area contributed by atoms with Crippen LogP contribution in [0.4, 0.5) is 5.82 Å². The number of aromatic nitrogens is 2. The Balaban J connectivity index is 1.99. The van der Waals surface area contributed by atoms with Crippen LogP contribution in [0.1, 0.15) is 25.3 Å². The summed E-state index contributed by atoms with van der Waals surface area (Å²) in [4.78, 5) is 8.36. The van der Waals surface area contributed by atoms with Crippen LogP contribution in [0.15, 0.2) is 6.33 Å². The van der Waals surface area contributed by atoms with Crippen molar-refractivity contribution in [1.82, 2.24) is 9.97 Å². The van der Waals surface area contributed by atoms with Crippen molar-refractivity contribution in [2.45, 2.75) is 38.8 Å². The van der Waals surface area contributed by atoms with Crippen LogP contribution in [0.5, 0.6) is 5.88 Å². The molecule has 0 aromatic carbocycles. The Labute approximate surface area is 102 Å². The summed E-state index contributed by atoms with van der Waals surface area (Å²) >= 11 is 0. The number of anilines is 1. The van der Waals surface area contributed by atoms with Gasteiger partial charge in [-0.1, -0.05) is 0 Å². The third-order valence-electron chi connectivity index (χ3n) is 3.09. The van der Waals surface area contributed by atoms with Gasteiger partial charge in [0.1, 0.15) is 12.1 Å². The van der Waals surface area contributed by atoms with E-state index in [1.165, 1.54) is 6.33 Å². The predicted octanol–water partition coefficient (Wildman–Crippen LogP) is 1.77. The highest BCUT2D eigenvalue weighted by Crippen LogP contribution is 2.28. The van der Waals surface area contributed by atoms with Gasteiger partial charge in [0.2, 0.25) is 5.88 Å². The molecule has 1 heterocycles. The first-order valence-corrected chi connectivity index (χ1v) is 5.98. The lowest BCUT2D eigenvalue weighted by molar-refractivity contribution is 0.0327. The van der Waals surface area contributed by atoms with Gasteiger partial charge in [-0.3, -0.25) is 0 Å². The summed E-state index contributed by atoms with van der Waals surface area (Å²) in [5, 5.41) is 3.40. The Bertz CT molecular complexity index is 378. The van der Waals surface area contributed by atoms with E-state index >= 15 is 0 Å². The van der Waals surface area contributed by atoms with Gasteiger partial charge in [0.25, 0.3) is 0 Å². The maximum Gasteiger partial charge on any atom is 0.221 e. The average molecular weight is 237 g/mol. The molecule has 0 amide bonds. The summed E-state index contributed by atoms with van der Waals surface area (Å²) in [7, 11) is 1.75. The molecule has 2 rings (SSSR count). The van der Waals surface area contributed by atoms with E-state index in [0.717, 1.165) is 24.2 Å². The lowest BCUT2D eigenvalue weighted by Gasteiger charge is -2.35. The fourth-order valence-corrected chi connectivity index (χ4v) is 1.93. The van der Waals surface area contributed by atoms with Crippen molar-refractivity contribution in [3.8, 4) is 5.88 Å². The molecular formula is C12H19N3O2. The summed E-state index contributed by atoms with van der Waals surface area (Å²) in [6.45, 7) is 4.54. The molecule has 0 bridgehead atoms. The third-order valence-corrected chi connectivity index (χ3v) is 3.09. The fraction of sp³-hybridized carbons (Fsp3) is 0.667. The highest BCUT2D eigenvalue weighted by molar-refractivity contribution is 5.48. The molecule has 1 aromatic heterocycles. The summed E-state index contributed by atoms with van der Waals surface area (Å²) in [6, 6.07) is 0.447. The van der Waals surface area contributed by atoms with Crippen LogP contribution in [0.25, 0.3) is 0 Å². The van der Waals surface area contributed by atoms with Gasteiger partial charge < -0.3 is 14.8 Å². The van der Waals surface area contributed by atoms with Crippen molar-refractivity contribution in [2.24, 2.45) is 0 Å². The first kappa shape index (κ1) is 12.1. The van der Waals surface area contributed by atoms with E-state index in [4.69, 9.17) is 9.47 Å². The number of hydrogen-bond acceptors (Lipinski definition) is 5. The SMILES string of the molecule is CCOc1ncnc(NC2CC(OC)C2)c1C. The zero-order valence-corrected chi connectivity index (χ0v) is 10.6. The molecular weight excluding hydrogens is 218 g/mol. The Morgan fingerprint density at radius 2 is 2.18 bits per heavy atom. The first-order valence-electron chi connectivity index (χ1n) is 5.98. The normalized spacial score (nSPS) is 23.0. The molecule has 94 valence electrons. The number of nitrogens with one attached hydrogen (secondary N) is 1. The van der Waals surface area contributed by atoms with Gasteiger partial charge in [-0.2, -0.15) is 0 Å². The topological polar surface area (TPSA) is 56.3 Å². The molecule has 1 aliphatic carbocycles. The Morgan fingerprint density at radius 1 is 1.41 bits per heavy atom. The molecule has 0 unspecified atom stereocenters. The molecule has 1 saturated carbocycles. The Morgan fingerprint density at radius 3 is 2.82 bits per heavy atom. The standard InChI is InChI=1S/C12H19N3O2/c1-4-17-12-8(2)11(13-7-14-12)15-9-5-10(6-9)16-3/h7,9-10H,4-6H2,1-3H3,(H,13,14,15). The lowest BCUT2D eigenvalue weighted by Crippen LogP contribution is -2.40. The molecule has 5 heteroatoms. The number of hydrogen-bond donors (Lipinski definition) is 1. The van der Waals surface area contributed by atoms with E-state index < -0.39 is 0 Å². The third kappa shape index (κ3) is 2.66. The van der Waals surface area contributed by atoms with Crippen molar-refractivity contribution in [3.05, 3.63) is 11.9 Å². The summed E-state index contributed by atoms with van der Waals surface area (Å²) in [6.07, 6.45) is 3.99. The van der Waals surface area contributed by atoms with Crippen molar-refractivity contribution in [2.75, 3.05) is 19.0 Å². The second-order valence-corrected chi connectivity index (χ2v) is 4.26. The lowest BCUT2D eigenvalue weighted by atomic mass is 9.89. The smallest absolute Gasteiger partial charge is 0.221 e. The summed E-state index contributed by atoms with van der Waals surface area (Å²) < 4.78 is 10.7. The van der Waals surface area contributed by atoms with Gasteiger partial charge in [0.15, 0.2) is 0 Å². The second-order valence-electron chi connectivity index (χ2n) is 4.26. The maximum absolute atomic E-state index is 5.44. The van der Waals surface area contributed by atoms with E-state index in [9.17, 15) is 0 Å². The van der Waals surface area contributed by atoms with Crippen LogP contribution in [-0.4, -0.2) is 35.8 Å². The first-order chi connectivity index (χ1) is 8.24. The maximum atomic E-state index is 5.44. The molecule has 0 spiro atoms. The van der Waals surface area contributed by atoms with Gasteiger partial charge in [0, 0.05) is 13.2 Å². The highest BCUT2D eigenvalue weighted by Gasteiger charge is 2.29. The Kier molecular flexibility index (Phi) is 3.78. The van der Waals surface area contributed by atoms with Crippen LogP contribution < -0.4 is 10.1 Å². The minimum absolute atomic E-state index is 0.390. The highest BCUT2D eigenvalue weighted by atomic mass is 16.5. The van der Waals surface area contributed by atoms with Gasteiger partial charge in [-0.25, -0.2) is 9.97 Å². The van der Waals surface area contributed by atoms with E-state index in [1.807, 2.05) is 13.8 Å². The number of rotatable bonds is 5.